The molecule has 16 heavy (non-hydrogen) atoms. The van der Waals surface area contributed by atoms with E-state index < -0.39 is 5.60 Å². The highest BCUT2D eigenvalue weighted by Crippen LogP contribution is 2.38. The lowest BCUT2D eigenvalue weighted by Gasteiger charge is -2.12. The average molecular weight is 222 g/mol. The summed E-state index contributed by atoms with van der Waals surface area (Å²) >= 11 is 0. The number of aliphatic hydroxyl groups is 1. The van der Waals surface area contributed by atoms with Crippen LogP contribution >= 0.6 is 0 Å². The molecule has 0 spiro atoms. The van der Waals surface area contributed by atoms with Crippen molar-refractivity contribution >= 4 is 0 Å². The zero-order valence-electron chi connectivity index (χ0n) is 9.82. The van der Waals surface area contributed by atoms with Gasteiger partial charge in [-0.3, -0.25) is 0 Å². The van der Waals surface area contributed by atoms with Crippen LogP contribution in [0.1, 0.15) is 24.0 Å². The van der Waals surface area contributed by atoms with Gasteiger partial charge in [-0.05, 0) is 24.5 Å². The molecule has 1 aromatic rings. The monoisotopic (exact) mass is 222 g/mol. The normalized spacial score (nSPS) is 17.2. The van der Waals surface area contributed by atoms with Crippen LogP contribution in [0.4, 0.5) is 0 Å². The number of ether oxygens (including phenoxy) is 2. The van der Waals surface area contributed by atoms with Gasteiger partial charge < -0.3 is 14.6 Å². The van der Waals surface area contributed by atoms with Crippen molar-refractivity contribution in [1.29, 1.82) is 0 Å². The lowest BCUT2D eigenvalue weighted by Crippen LogP contribution is -2.10. The van der Waals surface area contributed by atoms with E-state index in [4.69, 9.17) is 9.47 Å². The highest BCUT2D eigenvalue weighted by atomic mass is 16.5. The molecule has 0 aromatic heterocycles. The van der Waals surface area contributed by atoms with E-state index in [0.29, 0.717) is 6.61 Å². The van der Waals surface area contributed by atoms with Gasteiger partial charge in [0.25, 0.3) is 0 Å². The fourth-order valence-corrected chi connectivity index (χ4v) is 1.87. The molecular weight excluding hydrogens is 204 g/mol. The molecule has 1 aliphatic carbocycles. The standard InChI is InChI=1S/C13H18O3/c1-15-9-11-4-3-10(7-12(11)16-2)8-13(14)5-6-13/h3-4,7,14H,5-6,8-9H2,1-2H3. The van der Waals surface area contributed by atoms with E-state index in [1.807, 2.05) is 18.2 Å². The molecule has 0 aliphatic heterocycles. The van der Waals surface area contributed by atoms with Gasteiger partial charge in [-0.2, -0.15) is 0 Å². The fourth-order valence-electron chi connectivity index (χ4n) is 1.87. The van der Waals surface area contributed by atoms with Crippen LogP contribution < -0.4 is 4.74 Å². The predicted octanol–water partition coefficient (Wildman–Crippen LogP) is 1.91. The first-order chi connectivity index (χ1) is 7.67. The minimum absolute atomic E-state index is 0.451. The SMILES string of the molecule is COCc1ccc(CC2(O)CC2)cc1OC. The largest absolute Gasteiger partial charge is 0.496 e. The summed E-state index contributed by atoms with van der Waals surface area (Å²) in [5, 5.41) is 9.85. The topological polar surface area (TPSA) is 38.7 Å². The van der Waals surface area contributed by atoms with E-state index in [-0.39, 0.29) is 0 Å². The Labute approximate surface area is 96.0 Å². The van der Waals surface area contributed by atoms with Crippen LogP contribution in [-0.2, 0) is 17.8 Å². The van der Waals surface area contributed by atoms with Crippen LogP contribution in [0.2, 0.25) is 0 Å². The van der Waals surface area contributed by atoms with Crippen LogP contribution in [-0.4, -0.2) is 24.9 Å². The Hall–Kier alpha value is -1.06. The second-order valence-corrected chi connectivity index (χ2v) is 4.48. The summed E-state index contributed by atoms with van der Waals surface area (Å²) in [6, 6.07) is 6.03. The Morgan fingerprint density at radius 1 is 1.31 bits per heavy atom. The maximum absolute atomic E-state index is 9.85. The van der Waals surface area contributed by atoms with Crippen molar-refractivity contribution in [2.75, 3.05) is 14.2 Å². The molecule has 0 amide bonds. The molecular formula is C13H18O3. The Bertz CT molecular complexity index is 369. The lowest BCUT2D eigenvalue weighted by atomic mass is 10.0. The fraction of sp³-hybridized carbons (Fsp3) is 0.538. The van der Waals surface area contributed by atoms with Crippen molar-refractivity contribution in [1.82, 2.24) is 0 Å². The average Bonchev–Trinajstić information content (AvgIpc) is 2.99. The maximum Gasteiger partial charge on any atom is 0.124 e. The Kier molecular flexibility index (Phi) is 3.17. The van der Waals surface area contributed by atoms with Crippen LogP contribution in [0.3, 0.4) is 0 Å². The summed E-state index contributed by atoms with van der Waals surface area (Å²) in [5.41, 5.74) is 1.71. The zero-order chi connectivity index (χ0) is 11.6. The summed E-state index contributed by atoms with van der Waals surface area (Å²) in [7, 11) is 3.32. The number of hydrogen-bond acceptors (Lipinski definition) is 3. The summed E-state index contributed by atoms with van der Waals surface area (Å²) < 4.78 is 10.4. The molecule has 0 bridgehead atoms. The summed E-state index contributed by atoms with van der Waals surface area (Å²) in [6.45, 7) is 0.549. The van der Waals surface area contributed by atoms with Gasteiger partial charge in [0.15, 0.2) is 0 Å². The van der Waals surface area contributed by atoms with E-state index in [9.17, 15) is 5.11 Å². The first-order valence-electron chi connectivity index (χ1n) is 5.54. The van der Waals surface area contributed by atoms with E-state index in [0.717, 1.165) is 36.1 Å². The molecule has 0 unspecified atom stereocenters. The van der Waals surface area contributed by atoms with E-state index in [2.05, 4.69) is 0 Å². The van der Waals surface area contributed by atoms with Crippen molar-refractivity contribution in [2.24, 2.45) is 0 Å². The summed E-state index contributed by atoms with van der Waals surface area (Å²) in [6.07, 6.45) is 2.54. The molecule has 1 N–H and O–H groups in total. The third-order valence-electron chi connectivity index (χ3n) is 3.01. The van der Waals surface area contributed by atoms with Gasteiger partial charge in [0, 0.05) is 19.1 Å². The maximum atomic E-state index is 9.85. The molecule has 0 saturated heterocycles. The van der Waals surface area contributed by atoms with Crippen LogP contribution in [0.15, 0.2) is 18.2 Å². The Morgan fingerprint density at radius 3 is 2.62 bits per heavy atom. The van der Waals surface area contributed by atoms with Crippen LogP contribution in [0, 0.1) is 0 Å². The van der Waals surface area contributed by atoms with E-state index in [1.165, 1.54) is 0 Å². The number of rotatable bonds is 5. The molecule has 3 heteroatoms. The highest BCUT2D eigenvalue weighted by molar-refractivity contribution is 5.38. The third kappa shape index (κ3) is 2.54. The minimum atomic E-state index is -0.451. The molecule has 1 aromatic carbocycles. The Morgan fingerprint density at radius 2 is 2.06 bits per heavy atom. The second-order valence-electron chi connectivity index (χ2n) is 4.48. The van der Waals surface area contributed by atoms with Crippen molar-refractivity contribution in [3.8, 4) is 5.75 Å². The quantitative estimate of drug-likeness (QED) is 0.827. The first-order valence-corrected chi connectivity index (χ1v) is 5.54. The predicted molar refractivity (Wildman–Crippen MR) is 61.6 cm³/mol. The van der Waals surface area contributed by atoms with Crippen molar-refractivity contribution in [3.63, 3.8) is 0 Å². The lowest BCUT2D eigenvalue weighted by molar-refractivity contribution is 0.151. The molecule has 88 valence electrons. The van der Waals surface area contributed by atoms with Gasteiger partial charge in [0.2, 0.25) is 0 Å². The van der Waals surface area contributed by atoms with Gasteiger partial charge in [-0.15, -0.1) is 0 Å². The van der Waals surface area contributed by atoms with Gasteiger partial charge >= 0.3 is 0 Å². The highest BCUT2D eigenvalue weighted by Gasteiger charge is 2.40. The molecule has 3 nitrogen and oxygen atoms in total. The minimum Gasteiger partial charge on any atom is -0.496 e. The molecule has 0 radical (unpaired) electrons. The van der Waals surface area contributed by atoms with Crippen LogP contribution in [0.25, 0.3) is 0 Å². The van der Waals surface area contributed by atoms with E-state index >= 15 is 0 Å². The molecule has 2 rings (SSSR count). The molecule has 1 fully saturated rings. The molecule has 1 aliphatic rings. The zero-order valence-corrected chi connectivity index (χ0v) is 9.82. The van der Waals surface area contributed by atoms with Gasteiger partial charge in [-0.25, -0.2) is 0 Å². The molecule has 0 atom stereocenters. The number of benzene rings is 1. The summed E-state index contributed by atoms with van der Waals surface area (Å²) in [5.74, 6) is 0.837. The smallest absolute Gasteiger partial charge is 0.124 e. The molecule has 1 saturated carbocycles. The number of methoxy groups -OCH3 is 2. The number of hydrogen-bond donors (Lipinski definition) is 1. The van der Waals surface area contributed by atoms with Crippen molar-refractivity contribution in [3.05, 3.63) is 29.3 Å². The van der Waals surface area contributed by atoms with Gasteiger partial charge in [0.1, 0.15) is 5.75 Å². The van der Waals surface area contributed by atoms with Crippen molar-refractivity contribution in [2.45, 2.75) is 31.5 Å². The van der Waals surface area contributed by atoms with Crippen molar-refractivity contribution < 1.29 is 14.6 Å². The molecule has 0 heterocycles. The first kappa shape index (κ1) is 11.4. The van der Waals surface area contributed by atoms with Gasteiger partial charge in [-0.1, -0.05) is 12.1 Å². The van der Waals surface area contributed by atoms with E-state index in [1.54, 1.807) is 14.2 Å². The third-order valence-corrected chi connectivity index (χ3v) is 3.01. The van der Waals surface area contributed by atoms with Gasteiger partial charge in [0.05, 0.1) is 19.3 Å². The van der Waals surface area contributed by atoms with Crippen LogP contribution in [0.5, 0.6) is 5.75 Å². The summed E-state index contributed by atoms with van der Waals surface area (Å²) in [4.78, 5) is 0. The Balaban J connectivity index is 2.15. The second kappa shape index (κ2) is 4.44.